The lowest BCUT2D eigenvalue weighted by atomic mass is 10.1. The molecule has 0 atom stereocenters. The van der Waals surface area contributed by atoms with Gasteiger partial charge >= 0.3 is 5.97 Å². The highest BCUT2D eigenvalue weighted by Gasteiger charge is 2.07. The number of hydrogen-bond acceptors (Lipinski definition) is 6. The molecule has 0 aliphatic carbocycles. The molecule has 0 bridgehead atoms. The van der Waals surface area contributed by atoms with E-state index in [9.17, 15) is 4.79 Å². The topological polar surface area (TPSA) is 77.0 Å². The normalized spacial score (nSPS) is 15.1. The van der Waals surface area contributed by atoms with Crippen LogP contribution in [0.25, 0.3) is 0 Å². The molecule has 0 saturated heterocycles. The molecule has 1 aliphatic rings. The van der Waals surface area contributed by atoms with Gasteiger partial charge in [-0.2, -0.15) is 5.10 Å². The maximum Gasteiger partial charge on any atom is 0.305 e. The van der Waals surface area contributed by atoms with Crippen LogP contribution in [-0.2, 0) is 9.53 Å². The highest BCUT2D eigenvalue weighted by atomic mass is 32.2. The van der Waals surface area contributed by atoms with Crippen LogP contribution in [0.2, 0.25) is 0 Å². The Kier molecular flexibility index (Phi) is 6.69. The summed E-state index contributed by atoms with van der Waals surface area (Å²) in [6.07, 6.45) is 4.38. The minimum Gasteiger partial charge on any atom is -0.466 e. The van der Waals surface area contributed by atoms with Gasteiger partial charge in [0, 0.05) is 12.2 Å². The van der Waals surface area contributed by atoms with E-state index in [4.69, 9.17) is 10.5 Å². The van der Waals surface area contributed by atoms with Crippen LogP contribution in [-0.4, -0.2) is 29.2 Å². The molecule has 0 saturated carbocycles. The van der Waals surface area contributed by atoms with Gasteiger partial charge in [0.1, 0.15) is 0 Å². The van der Waals surface area contributed by atoms with Crippen LogP contribution in [0, 0.1) is 0 Å². The first-order valence-corrected chi connectivity index (χ1v) is 6.88. The predicted octanol–water partition coefficient (Wildman–Crippen LogP) is 1.92. The number of hydrogen-bond donors (Lipinski definition) is 1. The summed E-state index contributed by atoms with van der Waals surface area (Å²) in [6, 6.07) is 0. The molecule has 1 aliphatic heterocycles. The molecule has 0 unspecified atom stereocenters. The second-order valence-corrected chi connectivity index (χ2v) is 4.75. The summed E-state index contributed by atoms with van der Waals surface area (Å²) in [6.45, 7) is 2.29. The van der Waals surface area contributed by atoms with Gasteiger partial charge in [0.25, 0.3) is 0 Å². The first-order valence-electron chi connectivity index (χ1n) is 5.89. The van der Waals surface area contributed by atoms with Crippen molar-refractivity contribution in [2.24, 2.45) is 15.9 Å². The van der Waals surface area contributed by atoms with Crippen LogP contribution in [0.1, 0.15) is 39.0 Å². The van der Waals surface area contributed by atoms with E-state index in [-0.39, 0.29) is 5.97 Å². The highest BCUT2D eigenvalue weighted by Crippen LogP contribution is 2.12. The number of ether oxygens (including phenoxy) is 1. The van der Waals surface area contributed by atoms with Gasteiger partial charge in [-0.3, -0.25) is 4.79 Å². The lowest BCUT2D eigenvalue weighted by Gasteiger charge is -2.08. The minimum atomic E-state index is -0.101. The van der Waals surface area contributed by atoms with Crippen LogP contribution < -0.4 is 5.73 Å². The van der Waals surface area contributed by atoms with E-state index in [2.05, 4.69) is 10.2 Å². The molecular weight excluding hydrogens is 238 g/mol. The summed E-state index contributed by atoms with van der Waals surface area (Å²) >= 11 is 1.52. The molecule has 2 N–H and O–H groups in total. The van der Waals surface area contributed by atoms with Gasteiger partial charge in [0.05, 0.1) is 12.3 Å². The maximum atomic E-state index is 11.1. The second-order valence-electron chi connectivity index (χ2n) is 3.76. The fraction of sp³-hybridized carbons (Fsp3) is 0.727. The van der Waals surface area contributed by atoms with Crippen molar-refractivity contribution in [2.45, 2.75) is 39.0 Å². The van der Waals surface area contributed by atoms with Crippen molar-refractivity contribution >= 4 is 28.6 Å². The monoisotopic (exact) mass is 257 g/mol. The Hall–Kier alpha value is -1.04. The third-order valence-corrected chi connectivity index (χ3v) is 3.18. The Bertz CT molecular complexity index is 316. The van der Waals surface area contributed by atoms with Crippen LogP contribution >= 0.6 is 11.8 Å². The number of unbranched alkanes of at least 4 members (excludes halogenated alkanes) is 2. The zero-order chi connectivity index (χ0) is 12.5. The van der Waals surface area contributed by atoms with Gasteiger partial charge in [0.15, 0.2) is 5.17 Å². The van der Waals surface area contributed by atoms with E-state index < -0.39 is 0 Å². The summed E-state index contributed by atoms with van der Waals surface area (Å²) in [7, 11) is 0. The van der Waals surface area contributed by atoms with Crippen LogP contribution in [0.4, 0.5) is 0 Å². The van der Waals surface area contributed by atoms with Gasteiger partial charge in [-0.1, -0.05) is 18.2 Å². The molecule has 1 heterocycles. The summed E-state index contributed by atoms with van der Waals surface area (Å²) in [5.41, 5.74) is 6.57. The molecule has 96 valence electrons. The average Bonchev–Trinajstić information content (AvgIpc) is 2.31. The van der Waals surface area contributed by atoms with E-state index in [1.165, 1.54) is 11.8 Å². The molecule has 0 fully saturated rings. The lowest BCUT2D eigenvalue weighted by molar-refractivity contribution is -0.143. The van der Waals surface area contributed by atoms with Crippen molar-refractivity contribution in [1.82, 2.24) is 0 Å². The van der Waals surface area contributed by atoms with Gasteiger partial charge in [-0.05, 0) is 26.2 Å². The summed E-state index contributed by atoms with van der Waals surface area (Å²) < 4.78 is 4.85. The van der Waals surface area contributed by atoms with Crippen LogP contribution in [0.15, 0.2) is 10.2 Å². The molecule has 0 amide bonds. The molecule has 0 radical (unpaired) electrons. The summed E-state index contributed by atoms with van der Waals surface area (Å²) in [5.74, 6) is 0.739. The fourth-order valence-electron chi connectivity index (χ4n) is 1.47. The number of nitrogens with two attached hydrogens (primary N) is 1. The standard InChI is InChI=1S/C11H19N3O2S/c1-2-16-10(15)7-5-3-4-6-9-8-17-11(12)14-13-9/h2-8H2,1H3,(H2,12,14). The Morgan fingerprint density at radius 1 is 1.41 bits per heavy atom. The highest BCUT2D eigenvalue weighted by molar-refractivity contribution is 8.14. The molecule has 0 aromatic rings. The quantitative estimate of drug-likeness (QED) is 0.558. The van der Waals surface area contributed by atoms with Gasteiger partial charge in [-0.15, -0.1) is 5.10 Å². The average molecular weight is 257 g/mol. The maximum absolute atomic E-state index is 11.1. The lowest BCUT2D eigenvalue weighted by Crippen LogP contribution is -2.15. The van der Waals surface area contributed by atoms with E-state index in [1.807, 2.05) is 6.92 Å². The van der Waals surface area contributed by atoms with Crippen molar-refractivity contribution in [1.29, 1.82) is 0 Å². The summed E-state index contributed by atoms with van der Waals surface area (Å²) in [5, 5.41) is 8.41. The number of nitrogens with zero attached hydrogens (tertiary/aromatic N) is 2. The zero-order valence-corrected chi connectivity index (χ0v) is 11.0. The Balaban J connectivity index is 2.03. The summed E-state index contributed by atoms with van der Waals surface area (Å²) in [4.78, 5) is 11.1. The number of thioether (sulfide) groups is 1. The number of esters is 1. The fourth-order valence-corrected chi connectivity index (χ4v) is 2.08. The molecule has 5 nitrogen and oxygen atoms in total. The molecule has 0 spiro atoms. The third kappa shape index (κ3) is 6.31. The molecule has 0 aromatic heterocycles. The first kappa shape index (κ1) is 14.0. The number of rotatable bonds is 7. The van der Waals surface area contributed by atoms with E-state index >= 15 is 0 Å². The van der Waals surface area contributed by atoms with E-state index in [0.29, 0.717) is 18.2 Å². The Labute approximate surface area is 106 Å². The third-order valence-electron chi connectivity index (χ3n) is 2.33. The predicted molar refractivity (Wildman–Crippen MR) is 71.2 cm³/mol. The van der Waals surface area contributed by atoms with E-state index in [1.54, 1.807) is 0 Å². The second kappa shape index (κ2) is 8.11. The number of amidine groups is 1. The minimum absolute atomic E-state index is 0.101. The van der Waals surface area contributed by atoms with Crippen LogP contribution in [0.3, 0.4) is 0 Å². The first-order chi connectivity index (χ1) is 8.22. The SMILES string of the molecule is CCOC(=O)CCCCCC1=NN=C(N)SC1. The van der Waals surface area contributed by atoms with Crippen LogP contribution in [0.5, 0.6) is 0 Å². The van der Waals surface area contributed by atoms with Crippen molar-refractivity contribution in [3.05, 3.63) is 0 Å². The Morgan fingerprint density at radius 3 is 2.88 bits per heavy atom. The van der Waals surface area contributed by atoms with Gasteiger partial charge in [0.2, 0.25) is 0 Å². The van der Waals surface area contributed by atoms with Gasteiger partial charge < -0.3 is 10.5 Å². The molecule has 1 rings (SSSR count). The number of carbonyl (C=O) groups excluding carboxylic acids is 1. The van der Waals surface area contributed by atoms with E-state index in [0.717, 1.165) is 37.1 Å². The van der Waals surface area contributed by atoms with Crippen molar-refractivity contribution in [3.63, 3.8) is 0 Å². The van der Waals surface area contributed by atoms with Crippen molar-refractivity contribution in [3.8, 4) is 0 Å². The zero-order valence-electron chi connectivity index (χ0n) is 10.1. The van der Waals surface area contributed by atoms with Gasteiger partial charge in [-0.25, -0.2) is 0 Å². The number of carbonyl (C=O) groups is 1. The molecule has 17 heavy (non-hydrogen) atoms. The molecular formula is C11H19N3O2S. The Morgan fingerprint density at radius 2 is 2.24 bits per heavy atom. The van der Waals surface area contributed by atoms with Crippen molar-refractivity contribution in [2.75, 3.05) is 12.4 Å². The molecule has 0 aromatic carbocycles. The largest absolute Gasteiger partial charge is 0.466 e. The van der Waals surface area contributed by atoms with Crippen molar-refractivity contribution < 1.29 is 9.53 Å². The molecule has 6 heteroatoms. The smallest absolute Gasteiger partial charge is 0.305 e.